The Morgan fingerprint density at radius 1 is 1.06 bits per heavy atom. The molecule has 1 aromatic rings. The second-order valence-electron chi connectivity index (χ2n) is 4.74. The number of aliphatic hydroxyl groups is 1. The van der Waals surface area contributed by atoms with Crippen LogP contribution in [0.1, 0.15) is 25.0 Å². The van der Waals surface area contributed by atoms with E-state index < -0.39 is 0 Å². The highest BCUT2D eigenvalue weighted by Crippen LogP contribution is 2.20. The molecule has 0 amide bonds. The van der Waals surface area contributed by atoms with Gasteiger partial charge in [0.2, 0.25) is 0 Å². The van der Waals surface area contributed by atoms with Crippen LogP contribution < -0.4 is 4.90 Å². The molecule has 17 heavy (non-hydrogen) atoms. The van der Waals surface area contributed by atoms with E-state index in [1.165, 1.54) is 5.69 Å². The van der Waals surface area contributed by atoms with Crippen LogP contribution in [-0.2, 0) is 0 Å². The smallest absolute Gasteiger partial charge is 0.0787 e. The molecule has 0 aromatic heterocycles. The average Bonchev–Trinajstić information content (AvgIpc) is 2.35. The van der Waals surface area contributed by atoms with E-state index in [1.807, 2.05) is 19.1 Å². The van der Waals surface area contributed by atoms with Gasteiger partial charge < -0.3 is 14.9 Å². The minimum atomic E-state index is -0.337. The molecule has 0 radical (unpaired) electrons. The van der Waals surface area contributed by atoms with E-state index in [4.69, 9.17) is 0 Å². The maximum Gasteiger partial charge on any atom is 0.0787 e. The molecule has 0 aliphatic rings. The van der Waals surface area contributed by atoms with Gasteiger partial charge in [0, 0.05) is 25.8 Å². The van der Waals surface area contributed by atoms with Gasteiger partial charge in [-0.3, -0.25) is 0 Å². The van der Waals surface area contributed by atoms with Crippen molar-refractivity contribution in [3.8, 4) is 0 Å². The van der Waals surface area contributed by atoms with Crippen molar-refractivity contribution in [2.45, 2.75) is 19.4 Å². The van der Waals surface area contributed by atoms with Gasteiger partial charge in [-0.05, 0) is 38.2 Å². The number of benzene rings is 1. The SMILES string of the molecule is CC[C@H](O)c1ccc(N(C)CCN(C)C)cc1. The van der Waals surface area contributed by atoms with Crippen LogP contribution in [0.25, 0.3) is 0 Å². The van der Waals surface area contributed by atoms with Gasteiger partial charge in [0.25, 0.3) is 0 Å². The standard InChI is InChI=1S/C14H24N2O/c1-5-14(17)12-6-8-13(9-7-12)16(4)11-10-15(2)3/h6-9,14,17H,5,10-11H2,1-4H3/t14-/m0/s1. The Hall–Kier alpha value is -1.06. The summed E-state index contributed by atoms with van der Waals surface area (Å²) in [4.78, 5) is 4.40. The summed E-state index contributed by atoms with van der Waals surface area (Å²) in [5.41, 5.74) is 2.19. The second kappa shape index (κ2) is 6.62. The predicted octanol–water partition coefficient (Wildman–Crippen LogP) is 2.13. The molecule has 1 atom stereocenters. The van der Waals surface area contributed by atoms with Gasteiger partial charge in [0.05, 0.1) is 6.10 Å². The normalized spacial score (nSPS) is 12.8. The second-order valence-corrected chi connectivity index (χ2v) is 4.74. The molecule has 0 heterocycles. The van der Waals surface area contributed by atoms with E-state index >= 15 is 0 Å². The highest BCUT2D eigenvalue weighted by molar-refractivity contribution is 5.47. The van der Waals surface area contributed by atoms with Gasteiger partial charge in [-0.15, -0.1) is 0 Å². The number of aliphatic hydroxyl groups excluding tert-OH is 1. The van der Waals surface area contributed by atoms with Crippen LogP contribution in [0.3, 0.4) is 0 Å². The molecule has 0 fully saturated rings. The maximum atomic E-state index is 9.71. The summed E-state index contributed by atoms with van der Waals surface area (Å²) in [5.74, 6) is 0. The third-order valence-corrected chi connectivity index (χ3v) is 2.99. The van der Waals surface area contributed by atoms with Crippen molar-refractivity contribution < 1.29 is 5.11 Å². The van der Waals surface area contributed by atoms with Crippen molar-refractivity contribution in [3.05, 3.63) is 29.8 Å². The fourth-order valence-corrected chi connectivity index (χ4v) is 1.67. The zero-order chi connectivity index (χ0) is 12.8. The number of anilines is 1. The van der Waals surface area contributed by atoms with Crippen LogP contribution in [0, 0.1) is 0 Å². The molecule has 0 saturated carbocycles. The molecule has 0 aliphatic carbocycles. The monoisotopic (exact) mass is 236 g/mol. The van der Waals surface area contributed by atoms with E-state index in [0.717, 1.165) is 25.1 Å². The van der Waals surface area contributed by atoms with Crippen LogP contribution in [0.15, 0.2) is 24.3 Å². The Labute approximate surface area is 105 Å². The lowest BCUT2D eigenvalue weighted by Crippen LogP contribution is -2.28. The first kappa shape index (κ1) is 14.0. The first-order valence-electron chi connectivity index (χ1n) is 6.18. The molecule has 0 bridgehead atoms. The molecule has 96 valence electrons. The molecule has 0 saturated heterocycles. The lowest BCUT2D eigenvalue weighted by Gasteiger charge is -2.22. The molecular formula is C14H24N2O. The van der Waals surface area contributed by atoms with Crippen molar-refractivity contribution in [1.82, 2.24) is 4.90 Å². The Balaban J connectivity index is 2.60. The summed E-state index contributed by atoms with van der Waals surface area (Å²) >= 11 is 0. The fraction of sp³-hybridized carbons (Fsp3) is 0.571. The van der Waals surface area contributed by atoms with Crippen LogP contribution in [-0.4, -0.2) is 44.2 Å². The van der Waals surface area contributed by atoms with E-state index in [9.17, 15) is 5.11 Å². The highest BCUT2D eigenvalue weighted by Gasteiger charge is 2.06. The zero-order valence-corrected chi connectivity index (χ0v) is 11.3. The fourth-order valence-electron chi connectivity index (χ4n) is 1.67. The molecular weight excluding hydrogens is 212 g/mol. The molecule has 1 N–H and O–H groups in total. The van der Waals surface area contributed by atoms with Gasteiger partial charge in [-0.1, -0.05) is 19.1 Å². The molecule has 3 nitrogen and oxygen atoms in total. The number of hydrogen-bond acceptors (Lipinski definition) is 3. The third-order valence-electron chi connectivity index (χ3n) is 2.99. The Kier molecular flexibility index (Phi) is 5.45. The summed E-state index contributed by atoms with van der Waals surface area (Å²) < 4.78 is 0. The minimum Gasteiger partial charge on any atom is -0.388 e. The highest BCUT2D eigenvalue weighted by atomic mass is 16.3. The molecule has 0 aliphatic heterocycles. The zero-order valence-electron chi connectivity index (χ0n) is 11.3. The lowest BCUT2D eigenvalue weighted by atomic mass is 10.1. The Morgan fingerprint density at radius 3 is 2.12 bits per heavy atom. The van der Waals surface area contributed by atoms with Gasteiger partial charge in [0.1, 0.15) is 0 Å². The van der Waals surface area contributed by atoms with Crippen molar-refractivity contribution in [2.75, 3.05) is 39.1 Å². The lowest BCUT2D eigenvalue weighted by molar-refractivity contribution is 0.173. The largest absolute Gasteiger partial charge is 0.388 e. The molecule has 0 unspecified atom stereocenters. The van der Waals surface area contributed by atoms with E-state index in [1.54, 1.807) is 0 Å². The maximum absolute atomic E-state index is 9.71. The molecule has 0 spiro atoms. The minimum absolute atomic E-state index is 0.337. The summed E-state index contributed by atoms with van der Waals surface area (Å²) in [7, 11) is 6.25. The van der Waals surface area contributed by atoms with Crippen molar-refractivity contribution >= 4 is 5.69 Å². The van der Waals surface area contributed by atoms with Gasteiger partial charge >= 0.3 is 0 Å². The topological polar surface area (TPSA) is 26.7 Å². The van der Waals surface area contributed by atoms with Crippen LogP contribution in [0.2, 0.25) is 0 Å². The van der Waals surface area contributed by atoms with Crippen LogP contribution >= 0.6 is 0 Å². The van der Waals surface area contributed by atoms with E-state index in [0.29, 0.717) is 0 Å². The summed E-state index contributed by atoms with van der Waals surface area (Å²) in [6.07, 6.45) is 0.423. The van der Waals surface area contributed by atoms with Crippen molar-refractivity contribution in [1.29, 1.82) is 0 Å². The predicted molar refractivity (Wildman–Crippen MR) is 73.5 cm³/mol. The number of rotatable bonds is 6. The van der Waals surface area contributed by atoms with Crippen LogP contribution in [0.5, 0.6) is 0 Å². The van der Waals surface area contributed by atoms with Crippen molar-refractivity contribution in [2.24, 2.45) is 0 Å². The summed E-state index contributed by atoms with van der Waals surface area (Å²) in [6, 6.07) is 8.17. The molecule has 1 aromatic carbocycles. The van der Waals surface area contributed by atoms with Crippen LogP contribution in [0.4, 0.5) is 5.69 Å². The number of likely N-dealkylation sites (N-methyl/N-ethyl adjacent to an activating group) is 2. The summed E-state index contributed by atoms with van der Waals surface area (Å²) in [5, 5.41) is 9.71. The first-order chi connectivity index (χ1) is 8.04. The Bertz CT molecular complexity index is 321. The average molecular weight is 236 g/mol. The molecule has 3 heteroatoms. The van der Waals surface area contributed by atoms with Crippen molar-refractivity contribution in [3.63, 3.8) is 0 Å². The Morgan fingerprint density at radius 2 is 1.65 bits per heavy atom. The third kappa shape index (κ3) is 4.36. The quantitative estimate of drug-likeness (QED) is 0.819. The summed E-state index contributed by atoms with van der Waals surface area (Å²) in [6.45, 7) is 4.03. The van der Waals surface area contributed by atoms with Gasteiger partial charge in [0.15, 0.2) is 0 Å². The van der Waals surface area contributed by atoms with E-state index in [2.05, 4.69) is 43.1 Å². The van der Waals surface area contributed by atoms with Gasteiger partial charge in [-0.2, -0.15) is 0 Å². The van der Waals surface area contributed by atoms with Gasteiger partial charge in [-0.25, -0.2) is 0 Å². The first-order valence-corrected chi connectivity index (χ1v) is 6.18. The van der Waals surface area contributed by atoms with E-state index in [-0.39, 0.29) is 6.10 Å². The number of hydrogen-bond donors (Lipinski definition) is 1. The molecule has 1 rings (SSSR count). The number of nitrogens with zero attached hydrogens (tertiary/aromatic N) is 2.